The van der Waals surface area contributed by atoms with Crippen LogP contribution in [-0.2, 0) is 0 Å². The Labute approximate surface area is 217 Å². The van der Waals surface area contributed by atoms with E-state index in [9.17, 15) is 14.7 Å². The lowest BCUT2D eigenvalue weighted by Gasteiger charge is -2.22. The Bertz CT molecular complexity index is 1490. The molecule has 7 nitrogen and oxygen atoms in total. The maximum atomic E-state index is 13.9. The minimum atomic E-state index is -0.507. The van der Waals surface area contributed by atoms with Gasteiger partial charge in [0, 0.05) is 28.9 Å². The largest absolute Gasteiger partial charge is 0.508 e. The smallest absolute Gasteiger partial charge is 0.323 e. The molecular formula is C30H34N4O3. The number of nitrogens with one attached hydrogen (secondary N) is 2. The Morgan fingerprint density at radius 1 is 0.865 bits per heavy atom. The fourth-order valence-corrected chi connectivity index (χ4v) is 4.75. The van der Waals surface area contributed by atoms with E-state index < -0.39 is 6.03 Å². The predicted octanol–water partition coefficient (Wildman–Crippen LogP) is 7.24. The number of aromatic nitrogens is 2. The first-order chi connectivity index (χ1) is 17.6. The average molecular weight is 499 g/mol. The summed E-state index contributed by atoms with van der Waals surface area (Å²) in [5.41, 5.74) is 4.20. The zero-order valence-electron chi connectivity index (χ0n) is 22.2. The molecule has 2 amide bonds. The lowest BCUT2D eigenvalue weighted by molar-refractivity contribution is 0.262. The molecule has 0 radical (unpaired) electrons. The van der Waals surface area contributed by atoms with Crippen LogP contribution >= 0.6 is 0 Å². The summed E-state index contributed by atoms with van der Waals surface area (Å²) in [6, 6.07) is 15.6. The molecule has 2 aromatic heterocycles. The SMILES string of the molecule is CC(C)c1cccc(C(C)C)c1NC(=O)Nc1c(-c2cccc(O)c2)c2cccnc2n(C(C)C)c1=O. The normalized spacial score (nSPS) is 11.5. The topological polar surface area (TPSA) is 96.2 Å². The molecular weight excluding hydrogens is 464 g/mol. The molecule has 0 aliphatic carbocycles. The van der Waals surface area contributed by atoms with Gasteiger partial charge < -0.3 is 15.7 Å². The van der Waals surface area contributed by atoms with Gasteiger partial charge in [-0.2, -0.15) is 0 Å². The fraction of sp³-hybridized carbons (Fsp3) is 0.300. The van der Waals surface area contributed by atoms with E-state index in [1.807, 2.05) is 38.1 Å². The van der Waals surface area contributed by atoms with Gasteiger partial charge in [0.15, 0.2) is 0 Å². The zero-order valence-corrected chi connectivity index (χ0v) is 22.2. The number of hydrogen-bond acceptors (Lipinski definition) is 4. The van der Waals surface area contributed by atoms with Gasteiger partial charge in [0.2, 0.25) is 0 Å². The molecule has 0 saturated heterocycles. The van der Waals surface area contributed by atoms with E-state index in [2.05, 4.69) is 43.3 Å². The molecule has 7 heteroatoms. The van der Waals surface area contributed by atoms with Crippen LogP contribution in [0.3, 0.4) is 0 Å². The number of fused-ring (bicyclic) bond motifs is 1. The van der Waals surface area contributed by atoms with Crippen molar-refractivity contribution in [2.75, 3.05) is 10.6 Å². The molecule has 0 fully saturated rings. The highest BCUT2D eigenvalue weighted by molar-refractivity contribution is 6.07. The standard InChI is InChI=1S/C30H34N4O3/c1-17(2)22-12-8-13-23(18(3)4)26(22)32-30(37)33-27-25(20-10-7-11-21(35)16-20)24-14-9-15-31-28(24)34(19(5)6)29(27)36/h7-19,35H,1-6H3,(H2,32,33,37). The van der Waals surface area contributed by atoms with E-state index in [1.54, 1.807) is 41.1 Å². The van der Waals surface area contributed by atoms with E-state index in [4.69, 9.17) is 0 Å². The summed E-state index contributed by atoms with van der Waals surface area (Å²) in [4.78, 5) is 31.9. The van der Waals surface area contributed by atoms with Crippen molar-refractivity contribution in [3.05, 3.63) is 82.3 Å². The highest BCUT2D eigenvalue weighted by atomic mass is 16.3. The third-order valence-corrected chi connectivity index (χ3v) is 6.47. The lowest BCUT2D eigenvalue weighted by atomic mass is 9.93. The number of aromatic hydroxyl groups is 1. The molecule has 37 heavy (non-hydrogen) atoms. The second-order valence-corrected chi connectivity index (χ2v) is 10.1. The molecule has 0 atom stereocenters. The van der Waals surface area contributed by atoms with Crippen LogP contribution in [0, 0.1) is 0 Å². The number of benzene rings is 2. The second-order valence-electron chi connectivity index (χ2n) is 10.1. The molecule has 192 valence electrons. The van der Waals surface area contributed by atoms with Gasteiger partial charge in [0.05, 0.1) is 0 Å². The van der Waals surface area contributed by atoms with Gasteiger partial charge in [0.25, 0.3) is 5.56 Å². The molecule has 0 unspecified atom stereocenters. The first kappa shape index (κ1) is 25.9. The number of rotatable bonds is 6. The zero-order chi connectivity index (χ0) is 26.9. The van der Waals surface area contributed by atoms with Crippen molar-refractivity contribution in [1.29, 1.82) is 0 Å². The van der Waals surface area contributed by atoms with Crippen molar-refractivity contribution in [3.8, 4) is 16.9 Å². The maximum Gasteiger partial charge on any atom is 0.323 e. The summed E-state index contributed by atoms with van der Waals surface area (Å²) in [5, 5.41) is 16.8. The Hall–Kier alpha value is -4.13. The van der Waals surface area contributed by atoms with Gasteiger partial charge in [-0.05, 0) is 66.6 Å². The van der Waals surface area contributed by atoms with Crippen molar-refractivity contribution >= 4 is 28.4 Å². The number of carbonyl (C=O) groups excluding carboxylic acids is 1. The van der Waals surface area contributed by atoms with Crippen molar-refractivity contribution in [2.45, 2.75) is 59.4 Å². The first-order valence-corrected chi connectivity index (χ1v) is 12.6. The summed E-state index contributed by atoms with van der Waals surface area (Å²) in [6.45, 7) is 12.1. The summed E-state index contributed by atoms with van der Waals surface area (Å²) < 4.78 is 1.58. The van der Waals surface area contributed by atoms with E-state index in [-0.39, 0.29) is 34.9 Å². The van der Waals surface area contributed by atoms with Crippen LogP contribution < -0.4 is 16.2 Å². The maximum absolute atomic E-state index is 13.9. The molecule has 2 aromatic carbocycles. The highest BCUT2D eigenvalue weighted by Gasteiger charge is 2.23. The van der Waals surface area contributed by atoms with E-state index in [1.165, 1.54) is 0 Å². The Kier molecular flexibility index (Phi) is 7.34. The van der Waals surface area contributed by atoms with E-state index in [0.717, 1.165) is 16.8 Å². The van der Waals surface area contributed by atoms with Gasteiger partial charge in [-0.3, -0.25) is 9.36 Å². The quantitative estimate of drug-likeness (QED) is 0.261. The van der Waals surface area contributed by atoms with Crippen molar-refractivity contribution in [3.63, 3.8) is 0 Å². The number of phenolic OH excluding ortho intramolecular Hbond substituents is 1. The molecule has 2 heterocycles. The Morgan fingerprint density at radius 2 is 1.49 bits per heavy atom. The molecule has 0 aliphatic heterocycles. The average Bonchev–Trinajstić information content (AvgIpc) is 2.84. The molecule has 3 N–H and O–H groups in total. The minimum Gasteiger partial charge on any atom is -0.508 e. The summed E-state index contributed by atoms with van der Waals surface area (Å²) in [7, 11) is 0. The van der Waals surface area contributed by atoms with Crippen molar-refractivity contribution < 1.29 is 9.90 Å². The van der Waals surface area contributed by atoms with Crippen molar-refractivity contribution in [1.82, 2.24) is 9.55 Å². The van der Waals surface area contributed by atoms with Gasteiger partial charge in [-0.1, -0.05) is 58.0 Å². The molecule has 4 aromatic rings. The predicted molar refractivity (Wildman–Crippen MR) is 151 cm³/mol. The van der Waals surface area contributed by atoms with Crippen LogP contribution in [0.4, 0.5) is 16.2 Å². The number of pyridine rings is 2. The van der Waals surface area contributed by atoms with Crippen LogP contribution in [0.15, 0.2) is 65.6 Å². The van der Waals surface area contributed by atoms with Gasteiger partial charge in [0.1, 0.15) is 17.1 Å². The van der Waals surface area contributed by atoms with Crippen LogP contribution in [0.25, 0.3) is 22.2 Å². The lowest BCUT2D eigenvalue weighted by Crippen LogP contribution is -2.31. The molecule has 0 spiro atoms. The Balaban J connectivity index is 1.91. The number of nitrogens with zero attached hydrogens (tertiary/aromatic N) is 2. The molecule has 4 rings (SSSR count). The van der Waals surface area contributed by atoms with Gasteiger partial charge in [-0.15, -0.1) is 0 Å². The molecule has 0 bridgehead atoms. The first-order valence-electron chi connectivity index (χ1n) is 12.6. The third kappa shape index (κ3) is 5.07. The number of anilines is 2. The third-order valence-electron chi connectivity index (χ3n) is 6.47. The van der Waals surface area contributed by atoms with E-state index >= 15 is 0 Å². The number of amides is 2. The summed E-state index contributed by atoms with van der Waals surface area (Å²) in [6.07, 6.45) is 1.64. The molecule has 0 aliphatic rings. The van der Waals surface area contributed by atoms with Crippen molar-refractivity contribution in [2.24, 2.45) is 0 Å². The Morgan fingerprint density at radius 3 is 2.08 bits per heavy atom. The van der Waals surface area contributed by atoms with Crippen LogP contribution in [0.5, 0.6) is 5.75 Å². The highest BCUT2D eigenvalue weighted by Crippen LogP contribution is 2.36. The van der Waals surface area contributed by atoms with Crippen LogP contribution in [-0.4, -0.2) is 20.7 Å². The number of urea groups is 1. The van der Waals surface area contributed by atoms with E-state index in [0.29, 0.717) is 22.2 Å². The van der Waals surface area contributed by atoms with Crippen LogP contribution in [0.1, 0.15) is 70.5 Å². The number of phenols is 1. The minimum absolute atomic E-state index is 0.0606. The summed E-state index contributed by atoms with van der Waals surface area (Å²) >= 11 is 0. The van der Waals surface area contributed by atoms with Gasteiger partial charge >= 0.3 is 6.03 Å². The second kappa shape index (κ2) is 10.5. The number of carbonyl (C=O) groups is 1. The monoisotopic (exact) mass is 498 g/mol. The summed E-state index contributed by atoms with van der Waals surface area (Å²) in [5.74, 6) is 0.453. The number of para-hydroxylation sites is 1. The fourth-order valence-electron chi connectivity index (χ4n) is 4.75. The molecule has 0 saturated carbocycles. The number of hydrogen-bond donors (Lipinski definition) is 3. The van der Waals surface area contributed by atoms with Crippen LogP contribution in [0.2, 0.25) is 0 Å². The van der Waals surface area contributed by atoms with Gasteiger partial charge in [-0.25, -0.2) is 9.78 Å².